The number of allylic oxidation sites excluding steroid dienone is 6. The summed E-state index contributed by atoms with van der Waals surface area (Å²) in [5.74, 6) is 0. The minimum Gasteiger partial charge on any atom is -1.00 e. The average Bonchev–Trinajstić information content (AvgIpc) is 3.68. The van der Waals surface area contributed by atoms with Crippen molar-refractivity contribution in [3.63, 3.8) is 0 Å². The van der Waals surface area contributed by atoms with Gasteiger partial charge in [0.25, 0.3) is 10.6 Å². The zero-order valence-electron chi connectivity index (χ0n) is 26.2. The predicted molar refractivity (Wildman–Crippen MR) is 188 cm³/mol. The molecular weight excluding hydrogens is 707 g/mol. The van der Waals surface area contributed by atoms with Crippen LogP contribution in [0.25, 0.3) is 28.4 Å². The van der Waals surface area contributed by atoms with Gasteiger partial charge in [-0.05, 0) is 63.1 Å². The molecule has 4 aromatic rings. The van der Waals surface area contributed by atoms with Crippen molar-refractivity contribution >= 4 is 57.2 Å². The molecule has 0 saturated heterocycles. The maximum Gasteiger partial charge on any atom is 0.275 e. The number of halogens is 1. The maximum atomic E-state index is 13.6. The van der Waals surface area contributed by atoms with E-state index in [9.17, 15) is 4.79 Å². The summed E-state index contributed by atoms with van der Waals surface area (Å²) in [6.07, 6.45) is 24.6. The Labute approximate surface area is 291 Å². The lowest BCUT2D eigenvalue weighted by atomic mass is 9.95. The molecule has 0 atom stereocenters. The number of imidazole rings is 1. The van der Waals surface area contributed by atoms with Crippen molar-refractivity contribution in [2.24, 2.45) is 7.05 Å². The number of thioether (sulfide) groups is 1. The number of anilines is 1. The summed E-state index contributed by atoms with van der Waals surface area (Å²) in [5, 5.41) is 3.20. The van der Waals surface area contributed by atoms with Crippen LogP contribution in [0.1, 0.15) is 57.0 Å². The molecule has 45 heavy (non-hydrogen) atoms. The van der Waals surface area contributed by atoms with Gasteiger partial charge in [0.15, 0.2) is 0 Å². The molecule has 0 spiro atoms. The zero-order valence-corrected chi connectivity index (χ0v) is 30.0. The van der Waals surface area contributed by atoms with Gasteiger partial charge >= 0.3 is 0 Å². The van der Waals surface area contributed by atoms with Crippen molar-refractivity contribution in [2.75, 3.05) is 11.4 Å². The molecule has 2 aromatic heterocycles. The number of hydrogen-bond donors (Lipinski definition) is 0. The number of rotatable bonds is 8. The third-order valence-corrected chi connectivity index (χ3v) is 10.8. The molecule has 3 heterocycles. The molecule has 1 aliphatic heterocycles. The van der Waals surface area contributed by atoms with Crippen LogP contribution in [0.15, 0.2) is 99.7 Å². The van der Waals surface area contributed by atoms with Crippen LogP contribution in [0.4, 0.5) is 5.69 Å². The Morgan fingerprint density at radius 2 is 1.62 bits per heavy atom. The molecule has 0 unspecified atom stereocenters. The minimum atomic E-state index is 0. The molecular formula is C37H41IN4OS2. The van der Waals surface area contributed by atoms with Crippen molar-refractivity contribution < 1.29 is 28.5 Å². The third-order valence-electron chi connectivity index (χ3n) is 8.53. The second-order valence-electron chi connectivity index (χ2n) is 11.2. The summed E-state index contributed by atoms with van der Waals surface area (Å²) in [5.41, 5.74) is 3.54. The van der Waals surface area contributed by atoms with Crippen molar-refractivity contribution in [3.05, 3.63) is 116 Å². The van der Waals surface area contributed by atoms with E-state index in [1.165, 1.54) is 50.1 Å². The molecule has 0 bridgehead atoms. The smallest absolute Gasteiger partial charge is 0.275 e. The standard InChI is InChI=1S/C37H41N4OS2.HI/c1-4-39-29-20-12-15-23-32(29)43-35(39)26-11-7-10-25-34-38(3)37(42)31(41(34)28-18-8-6-9-19-28)22-14-17-27-36-40(5-2)30-21-13-16-24-33(30)44-36;/h7,10-17,20-28H,4-6,8-9,18-19H2,1-3H3;1H/q+1;/p-1/b17-14+,31-22-,36-27-;. The van der Waals surface area contributed by atoms with Gasteiger partial charge in [0.05, 0.1) is 10.7 Å². The van der Waals surface area contributed by atoms with E-state index in [2.05, 4.69) is 119 Å². The lowest BCUT2D eigenvalue weighted by molar-refractivity contribution is -0.665. The summed E-state index contributed by atoms with van der Waals surface area (Å²) >= 11 is 3.61. The third kappa shape index (κ3) is 7.03. The van der Waals surface area contributed by atoms with Crippen LogP contribution in [0.3, 0.4) is 0 Å². The second-order valence-corrected chi connectivity index (χ2v) is 13.3. The van der Waals surface area contributed by atoms with E-state index >= 15 is 0 Å². The zero-order chi connectivity index (χ0) is 30.5. The van der Waals surface area contributed by atoms with Crippen LogP contribution in [0.5, 0.6) is 0 Å². The highest BCUT2D eigenvalue weighted by Crippen LogP contribution is 2.45. The van der Waals surface area contributed by atoms with Gasteiger partial charge in [-0.15, -0.1) is 0 Å². The molecule has 8 heteroatoms. The number of aromatic nitrogens is 3. The fourth-order valence-corrected chi connectivity index (χ4v) is 8.64. The van der Waals surface area contributed by atoms with E-state index < -0.39 is 0 Å². The Hall–Kier alpha value is -3.08. The fraction of sp³-hybridized carbons (Fsp3) is 0.297. The molecule has 6 rings (SSSR count). The molecule has 234 valence electrons. The van der Waals surface area contributed by atoms with Gasteiger partial charge in [-0.3, -0.25) is 9.36 Å². The van der Waals surface area contributed by atoms with E-state index in [0.29, 0.717) is 6.04 Å². The number of benzene rings is 2. The van der Waals surface area contributed by atoms with Crippen LogP contribution < -0.4 is 49.8 Å². The SMILES string of the molecule is CCN1/C(=C/C=C/C=c2/c(=O)n(C)\c(=C/C=C/C=C/c3sc4ccccc4[n+]3CC)n2C2CCCCC2)Sc2ccccc21.[I-]. The first-order valence-corrected chi connectivity index (χ1v) is 17.4. The van der Waals surface area contributed by atoms with Crippen LogP contribution in [0.2, 0.25) is 0 Å². The summed E-state index contributed by atoms with van der Waals surface area (Å²) in [4.78, 5) is 17.2. The molecule has 0 N–H and O–H groups in total. The van der Waals surface area contributed by atoms with Crippen molar-refractivity contribution in [2.45, 2.75) is 63.4 Å². The summed E-state index contributed by atoms with van der Waals surface area (Å²) in [7, 11) is 1.90. The Kier molecular flexibility index (Phi) is 11.4. The normalized spacial score (nSPS) is 17.6. The average molecular weight is 749 g/mol. The number of para-hydroxylation sites is 2. The highest BCUT2D eigenvalue weighted by atomic mass is 127. The monoisotopic (exact) mass is 748 g/mol. The van der Waals surface area contributed by atoms with Gasteiger partial charge in [-0.2, -0.15) is 4.57 Å². The highest BCUT2D eigenvalue weighted by molar-refractivity contribution is 8.03. The number of fused-ring (bicyclic) bond motifs is 2. The molecule has 2 aromatic carbocycles. The van der Waals surface area contributed by atoms with E-state index in [1.807, 2.05) is 30.5 Å². The first kappa shape index (κ1) is 33.3. The van der Waals surface area contributed by atoms with Gasteiger partial charge in [-0.25, -0.2) is 0 Å². The lowest BCUT2D eigenvalue weighted by Gasteiger charge is -2.23. The topological polar surface area (TPSA) is 34.0 Å². The largest absolute Gasteiger partial charge is 1.00 e. The van der Waals surface area contributed by atoms with Crippen LogP contribution in [-0.2, 0) is 13.6 Å². The molecule has 2 aliphatic rings. The van der Waals surface area contributed by atoms with Crippen molar-refractivity contribution in [1.82, 2.24) is 9.13 Å². The molecule has 1 saturated carbocycles. The summed E-state index contributed by atoms with van der Waals surface area (Å²) in [6.45, 7) is 6.22. The van der Waals surface area contributed by atoms with Crippen LogP contribution in [-0.4, -0.2) is 15.7 Å². The first-order valence-electron chi connectivity index (χ1n) is 15.8. The first-order chi connectivity index (χ1) is 21.6. The molecule has 1 aliphatic carbocycles. The molecule has 0 amide bonds. The Morgan fingerprint density at radius 3 is 2.42 bits per heavy atom. The van der Waals surface area contributed by atoms with Gasteiger partial charge in [0.1, 0.15) is 22.1 Å². The van der Waals surface area contributed by atoms with Gasteiger partial charge in [0.2, 0.25) is 5.52 Å². The van der Waals surface area contributed by atoms with Crippen LogP contribution in [0, 0.1) is 0 Å². The highest BCUT2D eigenvalue weighted by Gasteiger charge is 2.23. The van der Waals surface area contributed by atoms with Gasteiger partial charge in [0, 0.05) is 36.7 Å². The summed E-state index contributed by atoms with van der Waals surface area (Å²) < 4.78 is 7.75. The van der Waals surface area contributed by atoms with E-state index in [0.717, 1.165) is 36.8 Å². The summed E-state index contributed by atoms with van der Waals surface area (Å²) in [6, 6.07) is 17.4. The quantitative estimate of drug-likeness (QED) is 0.155. The molecule has 0 radical (unpaired) electrons. The van der Waals surface area contributed by atoms with Crippen molar-refractivity contribution in [1.29, 1.82) is 0 Å². The van der Waals surface area contributed by atoms with E-state index in [4.69, 9.17) is 0 Å². The second kappa shape index (κ2) is 15.5. The molecule has 5 nitrogen and oxygen atoms in total. The Bertz CT molecular complexity index is 1950. The maximum absolute atomic E-state index is 13.6. The lowest BCUT2D eigenvalue weighted by Crippen LogP contribution is -3.00. The Morgan fingerprint density at radius 1 is 0.889 bits per heavy atom. The van der Waals surface area contributed by atoms with E-state index in [1.54, 1.807) is 16.3 Å². The van der Waals surface area contributed by atoms with Crippen LogP contribution >= 0.6 is 23.1 Å². The number of nitrogens with zero attached hydrogens (tertiary/aromatic N) is 4. The number of hydrogen-bond acceptors (Lipinski definition) is 4. The Balaban J connectivity index is 0.00000400. The molecule has 1 fully saturated rings. The minimum absolute atomic E-state index is 0. The van der Waals surface area contributed by atoms with Gasteiger partial charge < -0.3 is 33.4 Å². The fourth-order valence-electron chi connectivity index (χ4n) is 6.37. The predicted octanol–water partition coefficient (Wildman–Crippen LogP) is 4.08. The van der Waals surface area contributed by atoms with E-state index in [-0.39, 0.29) is 29.5 Å². The number of thiazole rings is 1. The number of aryl methyl sites for hydroxylation is 1. The van der Waals surface area contributed by atoms with Crippen molar-refractivity contribution in [3.8, 4) is 0 Å². The van der Waals surface area contributed by atoms with Gasteiger partial charge in [-0.1, -0.05) is 97.0 Å².